The van der Waals surface area contributed by atoms with E-state index in [1.54, 1.807) is 7.11 Å². The number of piperidine rings is 1. The van der Waals surface area contributed by atoms with E-state index >= 15 is 0 Å². The number of likely N-dealkylation sites (tertiary alicyclic amines) is 1. The lowest BCUT2D eigenvalue weighted by Gasteiger charge is -2.46. The summed E-state index contributed by atoms with van der Waals surface area (Å²) in [5, 5.41) is 3.09. The molecule has 3 fully saturated rings. The molecule has 1 N–H and O–H groups in total. The SMILES string of the molecule is COc1cccc(CC(=O)N2CCC3(CC2)CC(CCNC(=O)C2CC2)CCO3)c1. The Morgan fingerprint density at radius 3 is 2.77 bits per heavy atom. The van der Waals surface area contributed by atoms with E-state index in [2.05, 4.69) is 5.32 Å². The van der Waals surface area contributed by atoms with E-state index < -0.39 is 0 Å². The van der Waals surface area contributed by atoms with Gasteiger partial charge in [-0.05, 0) is 68.6 Å². The van der Waals surface area contributed by atoms with Gasteiger partial charge < -0.3 is 19.7 Å². The van der Waals surface area contributed by atoms with E-state index in [0.717, 1.165) is 82.5 Å². The van der Waals surface area contributed by atoms with Crippen molar-refractivity contribution in [3.63, 3.8) is 0 Å². The Hall–Kier alpha value is -2.08. The van der Waals surface area contributed by atoms with E-state index in [-0.39, 0.29) is 23.3 Å². The topological polar surface area (TPSA) is 67.9 Å². The van der Waals surface area contributed by atoms with Crippen LogP contribution in [0, 0.1) is 11.8 Å². The number of carbonyl (C=O) groups excluding carboxylic acids is 2. The van der Waals surface area contributed by atoms with Gasteiger partial charge in [0.25, 0.3) is 0 Å². The number of hydrogen-bond acceptors (Lipinski definition) is 4. The van der Waals surface area contributed by atoms with Gasteiger partial charge in [0.2, 0.25) is 11.8 Å². The fraction of sp³-hybridized carbons (Fsp3) is 0.667. The van der Waals surface area contributed by atoms with Crippen LogP contribution in [0.25, 0.3) is 0 Å². The van der Waals surface area contributed by atoms with Crippen LogP contribution < -0.4 is 10.1 Å². The Bertz CT molecular complexity index is 753. The molecule has 1 spiro atoms. The molecule has 4 rings (SSSR count). The average Bonchev–Trinajstić information content (AvgIpc) is 3.60. The van der Waals surface area contributed by atoms with Crippen molar-refractivity contribution in [3.8, 4) is 5.75 Å². The zero-order chi connectivity index (χ0) is 21.0. The minimum absolute atomic E-state index is 0.0871. The first-order chi connectivity index (χ1) is 14.6. The third-order valence-corrected chi connectivity index (χ3v) is 6.91. The number of rotatable bonds is 7. The van der Waals surface area contributed by atoms with Gasteiger partial charge in [-0.1, -0.05) is 12.1 Å². The lowest BCUT2D eigenvalue weighted by atomic mass is 9.78. The van der Waals surface area contributed by atoms with Gasteiger partial charge in [-0.15, -0.1) is 0 Å². The third-order valence-electron chi connectivity index (χ3n) is 6.91. The molecule has 1 aromatic rings. The molecule has 0 bridgehead atoms. The lowest BCUT2D eigenvalue weighted by molar-refractivity contribution is -0.146. The lowest BCUT2D eigenvalue weighted by Crippen LogP contribution is -2.51. The van der Waals surface area contributed by atoms with Crippen molar-refractivity contribution in [2.24, 2.45) is 11.8 Å². The maximum Gasteiger partial charge on any atom is 0.226 e. The second kappa shape index (κ2) is 9.38. The summed E-state index contributed by atoms with van der Waals surface area (Å²) in [5.74, 6) is 2.07. The summed E-state index contributed by atoms with van der Waals surface area (Å²) in [6.07, 6.45) is 7.47. The maximum atomic E-state index is 12.8. The second-order valence-corrected chi connectivity index (χ2v) is 9.15. The van der Waals surface area contributed by atoms with Crippen molar-refractivity contribution < 1.29 is 19.1 Å². The molecule has 1 aliphatic carbocycles. The minimum Gasteiger partial charge on any atom is -0.497 e. The van der Waals surface area contributed by atoms with Crippen LogP contribution in [-0.4, -0.2) is 55.7 Å². The first kappa shape index (κ1) is 21.2. The molecule has 30 heavy (non-hydrogen) atoms. The fourth-order valence-electron chi connectivity index (χ4n) is 4.85. The maximum absolute atomic E-state index is 12.8. The smallest absolute Gasteiger partial charge is 0.226 e. The number of ether oxygens (including phenoxy) is 2. The van der Waals surface area contributed by atoms with Gasteiger partial charge >= 0.3 is 0 Å². The van der Waals surface area contributed by atoms with Gasteiger partial charge in [0.1, 0.15) is 5.75 Å². The molecule has 2 amide bonds. The molecule has 0 radical (unpaired) electrons. The van der Waals surface area contributed by atoms with Crippen molar-refractivity contribution >= 4 is 11.8 Å². The van der Waals surface area contributed by atoms with Crippen LogP contribution in [0.3, 0.4) is 0 Å². The van der Waals surface area contributed by atoms with Crippen molar-refractivity contribution in [2.45, 2.75) is 57.0 Å². The average molecular weight is 415 g/mol. The van der Waals surface area contributed by atoms with Crippen LogP contribution in [0.4, 0.5) is 0 Å². The van der Waals surface area contributed by atoms with Gasteiger partial charge in [0.05, 0.1) is 19.1 Å². The minimum atomic E-state index is -0.0871. The van der Waals surface area contributed by atoms with Crippen molar-refractivity contribution in [1.29, 1.82) is 0 Å². The first-order valence-electron chi connectivity index (χ1n) is 11.4. The summed E-state index contributed by atoms with van der Waals surface area (Å²) in [4.78, 5) is 26.6. The van der Waals surface area contributed by atoms with E-state index in [9.17, 15) is 9.59 Å². The number of hydrogen-bond donors (Lipinski definition) is 1. The highest BCUT2D eigenvalue weighted by molar-refractivity contribution is 5.80. The normalized spacial score (nSPS) is 23.2. The molecule has 2 saturated heterocycles. The van der Waals surface area contributed by atoms with Gasteiger partial charge in [0, 0.05) is 32.2 Å². The van der Waals surface area contributed by atoms with Crippen LogP contribution in [0.2, 0.25) is 0 Å². The van der Waals surface area contributed by atoms with Crippen molar-refractivity contribution in [1.82, 2.24) is 10.2 Å². The molecule has 1 atom stereocenters. The number of methoxy groups -OCH3 is 1. The molecule has 1 saturated carbocycles. The van der Waals surface area contributed by atoms with E-state index in [4.69, 9.17) is 9.47 Å². The zero-order valence-electron chi connectivity index (χ0n) is 18.0. The van der Waals surface area contributed by atoms with Crippen molar-refractivity contribution in [3.05, 3.63) is 29.8 Å². The van der Waals surface area contributed by atoms with Crippen LogP contribution in [0.1, 0.15) is 50.5 Å². The zero-order valence-corrected chi connectivity index (χ0v) is 18.0. The Morgan fingerprint density at radius 2 is 2.03 bits per heavy atom. The third kappa shape index (κ3) is 5.34. The molecular weight excluding hydrogens is 380 g/mol. The summed E-state index contributed by atoms with van der Waals surface area (Å²) in [7, 11) is 1.64. The highest BCUT2D eigenvalue weighted by Gasteiger charge is 2.41. The molecule has 6 heteroatoms. The Morgan fingerprint density at radius 1 is 1.23 bits per heavy atom. The number of benzene rings is 1. The number of nitrogens with one attached hydrogen (secondary N) is 1. The number of nitrogens with zero attached hydrogens (tertiary/aromatic N) is 1. The van der Waals surface area contributed by atoms with Gasteiger partial charge in [0.15, 0.2) is 0 Å². The summed E-state index contributed by atoms with van der Waals surface area (Å²) in [5.41, 5.74) is 0.901. The summed E-state index contributed by atoms with van der Waals surface area (Å²) in [6, 6.07) is 7.73. The number of carbonyl (C=O) groups is 2. The molecule has 0 aromatic heterocycles. The van der Waals surface area contributed by atoms with Crippen LogP contribution in [0.5, 0.6) is 5.75 Å². The molecule has 1 aromatic carbocycles. The molecule has 2 heterocycles. The fourth-order valence-corrected chi connectivity index (χ4v) is 4.85. The monoisotopic (exact) mass is 414 g/mol. The van der Waals surface area contributed by atoms with Crippen molar-refractivity contribution in [2.75, 3.05) is 33.4 Å². The second-order valence-electron chi connectivity index (χ2n) is 9.15. The van der Waals surface area contributed by atoms with Gasteiger partial charge in [-0.2, -0.15) is 0 Å². The molecule has 164 valence electrons. The molecule has 2 aliphatic heterocycles. The Labute approximate surface area is 179 Å². The summed E-state index contributed by atoms with van der Waals surface area (Å²) < 4.78 is 11.5. The Kier molecular flexibility index (Phi) is 6.61. The van der Waals surface area contributed by atoms with Crippen LogP contribution in [0.15, 0.2) is 24.3 Å². The van der Waals surface area contributed by atoms with E-state index in [1.807, 2.05) is 29.2 Å². The summed E-state index contributed by atoms with van der Waals surface area (Å²) >= 11 is 0. The standard InChI is InChI=1S/C24H34N2O4/c1-29-21-4-2-3-19(15-21)16-22(27)26-12-9-24(10-13-26)17-18(8-14-30-24)7-11-25-23(28)20-5-6-20/h2-4,15,18,20H,5-14,16-17H2,1H3,(H,25,28). The summed E-state index contributed by atoms with van der Waals surface area (Å²) in [6.45, 7) is 3.09. The molecule has 6 nitrogen and oxygen atoms in total. The molecule has 1 unspecified atom stereocenters. The number of amides is 2. The highest BCUT2D eigenvalue weighted by atomic mass is 16.5. The largest absolute Gasteiger partial charge is 0.497 e. The predicted octanol–water partition coefficient (Wildman–Crippen LogP) is 2.94. The van der Waals surface area contributed by atoms with Gasteiger partial charge in [-0.25, -0.2) is 0 Å². The Balaban J connectivity index is 1.23. The first-order valence-corrected chi connectivity index (χ1v) is 11.4. The quantitative estimate of drug-likeness (QED) is 0.745. The van der Waals surface area contributed by atoms with Crippen LogP contribution in [-0.2, 0) is 20.7 Å². The molecular formula is C24H34N2O4. The van der Waals surface area contributed by atoms with E-state index in [0.29, 0.717) is 12.3 Å². The molecule has 3 aliphatic rings. The highest BCUT2D eigenvalue weighted by Crippen LogP contribution is 2.39. The van der Waals surface area contributed by atoms with Crippen LogP contribution >= 0.6 is 0 Å². The van der Waals surface area contributed by atoms with Gasteiger partial charge in [-0.3, -0.25) is 9.59 Å². The predicted molar refractivity (Wildman–Crippen MR) is 114 cm³/mol. The van der Waals surface area contributed by atoms with E-state index in [1.165, 1.54) is 0 Å².